The van der Waals surface area contributed by atoms with E-state index in [1.165, 1.54) is 25.3 Å². The van der Waals surface area contributed by atoms with Crippen molar-refractivity contribution in [2.24, 2.45) is 23.2 Å². The first-order valence-corrected chi connectivity index (χ1v) is 11.8. The van der Waals surface area contributed by atoms with Gasteiger partial charge in [0.05, 0.1) is 16.5 Å². The molecule has 1 saturated heterocycles. The third-order valence-corrected chi connectivity index (χ3v) is 8.40. The zero-order chi connectivity index (χ0) is 21.0. The lowest BCUT2D eigenvalue weighted by Gasteiger charge is -2.56. The van der Waals surface area contributed by atoms with Gasteiger partial charge in [0.2, 0.25) is 11.8 Å². The van der Waals surface area contributed by atoms with Crippen LogP contribution in [0.3, 0.4) is 0 Å². The van der Waals surface area contributed by atoms with Crippen LogP contribution in [0.2, 0.25) is 5.02 Å². The molecule has 4 bridgehead atoms. The van der Waals surface area contributed by atoms with Crippen LogP contribution >= 0.6 is 11.6 Å². The summed E-state index contributed by atoms with van der Waals surface area (Å²) in [6.07, 6.45) is 8.54. The van der Waals surface area contributed by atoms with Crippen molar-refractivity contribution >= 4 is 23.4 Å². The van der Waals surface area contributed by atoms with Gasteiger partial charge in [-0.05, 0) is 93.7 Å². The highest BCUT2D eigenvalue weighted by Crippen LogP contribution is 2.60. The number of hydrogen-bond acceptors (Lipinski definition) is 2. The molecule has 5 fully saturated rings. The summed E-state index contributed by atoms with van der Waals surface area (Å²) in [7, 11) is 0. The highest BCUT2D eigenvalue weighted by molar-refractivity contribution is 6.30. The van der Waals surface area contributed by atoms with E-state index in [0.29, 0.717) is 30.7 Å². The summed E-state index contributed by atoms with van der Waals surface area (Å²) in [4.78, 5) is 28.7. The Hall–Kier alpha value is -1.62. The second-order valence-electron chi connectivity index (χ2n) is 10.3. The lowest BCUT2D eigenvalue weighted by molar-refractivity contribution is -0.160. The Kier molecular flexibility index (Phi) is 5.08. The third-order valence-electron chi connectivity index (χ3n) is 8.11. The summed E-state index contributed by atoms with van der Waals surface area (Å²) >= 11 is 5.90. The van der Waals surface area contributed by atoms with Gasteiger partial charge in [-0.25, -0.2) is 4.39 Å². The largest absolute Gasteiger partial charge is 0.348 e. The molecule has 2 amide bonds. The summed E-state index contributed by atoms with van der Waals surface area (Å²) in [6.45, 7) is 2.54. The number of carbonyl (C=O) groups excluding carboxylic acids is 2. The molecule has 1 aromatic rings. The Morgan fingerprint density at radius 1 is 1.17 bits per heavy atom. The fraction of sp³-hybridized carbons (Fsp3) is 0.667. The number of rotatable bonds is 4. The average molecular weight is 433 g/mol. The first-order valence-electron chi connectivity index (χ1n) is 11.4. The number of amides is 2. The molecule has 1 N–H and O–H groups in total. The van der Waals surface area contributed by atoms with Crippen LogP contribution < -0.4 is 5.32 Å². The van der Waals surface area contributed by atoms with Crippen LogP contribution in [-0.4, -0.2) is 29.3 Å². The summed E-state index contributed by atoms with van der Waals surface area (Å²) in [5.41, 5.74) is 0.542. The van der Waals surface area contributed by atoms with Crippen molar-refractivity contribution in [3.8, 4) is 0 Å². The first-order chi connectivity index (χ1) is 14.3. The molecule has 30 heavy (non-hydrogen) atoms. The molecule has 4 nitrogen and oxygen atoms in total. The minimum Gasteiger partial charge on any atom is -0.348 e. The van der Waals surface area contributed by atoms with E-state index >= 15 is 0 Å². The van der Waals surface area contributed by atoms with E-state index in [0.717, 1.165) is 31.2 Å². The van der Waals surface area contributed by atoms with E-state index < -0.39 is 11.9 Å². The van der Waals surface area contributed by atoms with Gasteiger partial charge in [-0.2, -0.15) is 0 Å². The van der Waals surface area contributed by atoms with E-state index in [1.54, 1.807) is 12.1 Å². The fourth-order valence-electron chi connectivity index (χ4n) is 7.13. The highest BCUT2D eigenvalue weighted by atomic mass is 35.5. The second-order valence-corrected chi connectivity index (χ2v) is 10.7. The van der Waals surface area contributed by atoms with Crippen molar-refractivity contribution in [3.05, 3.63) is 34.6 Å². The maximum absolute atomic E-state index is 13.7. The van der Waals surface area contributed by atoms with Gasteiger partial charge >= 0.3 is 0 Å². The molecule has 0 spiro atoms. The molecule has 6 heteroatoms. The molecule has 2 atom stereocenters. The molecule has 4 saturated carbocycles. The lowest BCUT2D eigenvalue weighted by Crippen LogP contribution is -2.57. The number of halogens is 2. The number of hydrogen-bond donors (Lipinski definition) is 1. The van der Waals surface area contributed by atoms with Crippen LogP contribution in [-0.2, 0) is 9.59 Å². The zero-order valence-electron chi connectivity index (χ0n) is 17.5. The normalized spacial score (nSPS) is 35.5. The van der Waals surface area contributed by atoms with Gasteiger partial charge in [0.15, 0.2) is 0 Å². The summed E-state index contributed by atoms with van der Waals surface area (Å²) in [5, 5.41) is 3.08. The number of nitrogens with one attached hydrogen (secondary N) is 1. The second kappa shape index (κ2) is 7.51. The predicted octanol–water partition coefficient (Wildman–Crippen LogP) is 4.86. The molecule has 4 aliphatic carbocycles. The zero-order valence-corrected chi connectivity index (χ0v) is 18.3. The molecule has 162 valence electrons. The summed E-state index contributed by atoms with van der Waals surface area (Å²) < 4.78 is 13.5. The predicted molar refractivity (Wildman–Crippen MR) is 113 cm³/mol. The molecule has 5 aliphatic rings. The Balaban J connectivity index is 1.29. The molecule has 2 unspecified atom stereocenters. The maximum Gasteiger partial charge on any atom is 0.243 e. The first kappa shape index (κ1) is 20.3. The number of nitrogens with zero attached hydrogens (tertiary/aromatic N) is 1. The van der Waals surface area contributed by atoms with E-state index in [1.807, 2.05) is 11.8 Å². The van der Waals surface area contributed by atoms with Crippen LogP contribution in [0.1, 0.15) is 69.9 Å². The Morgan fingerprint density at radius 3 is 2.40 bits per heavy atom. The van der Waals surface area contributed by atoms with Crippen LogP contribution in [0.5, 0.6) is 0 Å². The standard InChI is InChI=1S/C24H30ClFN2O2/c1-14(18-4-5-20(26)19(25)10-18)27-22(29)21-3-2-6-28(21)23(30)24-11-15-7-16(12-24)9-17(8-15)13-24/h4-5,10,14-17,21H,2-3,6-9,11-13H2,1H3,(H,27,29). The SMILES string of the molecule is CC(NC(=O)C1CCCN1C(=O)C12CC3CC(CC(C3)C1)C2)c1ccc(F)c(Cl)c1. The minimum absolute atomic E-state index is 0.0492. The molecular weight excluding hydrogens is 403 g/mol. The number of benzene rings is 1. The van der Waals surface area contributed by atoms with E-state index in [4.69, 9.17) is 11.6 Å². The topological polar surface area (TPSA) is 49.4 Å². The Bertz CT molecular complexity index is 837. The van der Waals surface area contributed by atoms with Gasteiger partial charge in [-0.1, -0.05) is 17.7 Å². The van der Waals surface area contributed by atoms with Gasteiger partial charge in [-0.15, -0.1) is 0 Å². The Morgan fingerprint density at radius 2 is 1.80 bits per heavy atom. The van der Waals surface area contributed by atoms with Crippen LogP contribution in [0, 0.1) is 29.0 Å². The van der Waals surface area contributed by atoms with E-state index in [9.17, 15) is 14.0 Å². The van der Waals surface area contributed by atoms with E-state index in [2.05, 4.69) is 5.32 Å². The van der Waals surface area contributed by atoms with Gasteiger partial charge in [0.1, 0.15) is 11.9 Å². The van der Waals surface area contributed by atoms with Crippen molar-refractivity contribution < 1.29 is 14.0 Å². The molecule has 1 heterocycles. The smallest absolute Gasteiger partial charge is 0.243 e. The van der Waals surface area contributed by atoms with Crippen molar-refractivity contribution in [1.29, 1.82) is 0 Å². The quantitative estimate of drug-likeness (QED) is 0.738. The molecule has 1 aromatic carbocycles. The number of likely N-dealkylation sites (tertiary alicyclic amines) is 1. The molecule has 6 rings (SSSR count). The molecule has 0 radical (unpaired) electrons. The van der Waals surface area contributed by atoms with Gasteiger partial charge in [0.25, 0.3) is 0 Å². The average Bonchev–Trinajstić information content (AvgIpc) is 3.18. The van der Waals surface area contributed by atoms with Crippen molar-refractivity contribution in [2.45, 2.75) is 70.4 Å². The highest BCUT2D eigenvalue weighted by Gasteiger charge is 2.56. The maximum atomic E-state index is 13.7. The number of carbonyl (C=O) groups is 2. The molecular formula is C24H30ClFN2O2. The van der Waals surface area contributed by atoms with Crippen molar-refractivity contribution in [1.82, 2.24) is 10.2 Å². The fourth-order valence-corrected chi connectivity index (χ4v) is 7.32. The summed E-state index contributed by atoms with van der Waals surface area (Å²) in [6, 6.07) is 3.81. The van der Waals surface area contributed by atoms with Crippen LogP contribution in [0.4, 0.5) is 4.39 Å². The summed E-state index contributed by atoms with van der Waals surface area (Å²) in [5.74, 6) is 1.77. The van der Waals surface area contributed by atoms with Crippen molar-refractivity contribution in [2.75, 3.05) is 6.54 Å². The monoisotopic (exact) mass is 432 g/mol. The minimum atomic E-state index is -0.470. The van der Waals surface area contributed by atoms with Crippen LogP contribution in [0.25, 0.3) is 0 Å². The van der Waals surface area contributed by atoms with E-state index in [-0.39, 0.29) is 28.3 Å². The van der Waals surface area contributed by atoms with Gasteiger partial charge < -0.3 is 10.2 Å². The van der Waals surface area contributed by atoms with Gasteiger partial charge in [-0.3, -0.25) is 9.59 Å². The lowest BCUT2D eigenvalue weighted by atomic mass is 9.49. The third kappa shape index (κ3) is 3.43. The molecule has 0 aromatic heterocycles. The molecule has 1 aliphatic heterocycles. The van der Waals surface area contributed by atoms with Crippen LogP contribution in [0.15, 0.2) is 18.2 Å². The van der Waals surface area contributed by atoms with Crippen molar-refractivity contribution in [3.63, 3.8) is 0 Å². The van der Waals surface area contributed by atoms with Gasteiger partial charge in [0, 0.05) is 6.54 Å². The Labute approximate surface area is 182 Å².